The fourth-order valence-electron chi connectivity index (χ4n) is 1.43. The van der Waals surface area contributed by atoms with E-state index >= 15 is 0 Å². The Hall–Kier alpha value is -1.55. The minimum Gasteiger partial charge on any atom is -0.464 e. The van der Waals surface area contributed by atoms with Gasteiger partial charge in [-0.3, -0.25) is 4.79 Å². The molecule has 0 aliphatic rings. The van der Waals surface area contributed by atoms with E-state index in [1.165, 1.54) is 11.3 Å². The maximum Gasteiger partial charge on any atom is 0.261 e. The van der Waals surface area contributed by atoms with Gasteiger partial charge in [-0.05, 0) is 37.4 Å². The Bertz CT molecular complexity index is 473. The summed E-state index contributed by atoms with van der Waals surface area (Å²) in [5, 5.41) is 4.78. The molecule has 84 valence electrons. The monoisotopic (exact) mass is 235 g/mol. The lowest BCUT2D eigenvalue weighted by Gasteiger charge is -2.10. The van der Waals surface area contributed by atoms with E-state index in [1.54, 1.807) is 6.07 Å². The summed E-state index contributed by atoms with van der Waals surface area (Å²) < 4.78 is 5.45. The smallest absolute Gasteiger partial charge is 0.261 e. The molecule has 0 spiro atoms. The summed E-state index contributed by atoms with van der Waals surface area (Å²) in [6.07, 6.45) is 0. The van der Waals surface area contributed by atoms with Crippen molar-refractivity contribution >= 4 is 17.2 Å². The van der Waals surface area contributed by atoms with Crippen molar-refractivity contribution < 1.29 is 9.21 Å². The Morgan fingerprint density at radius 2 is 2.25 bits per heavy atom. The molecule has 0 unspecified atom stereocenters. The van der Waals surface area contributed by atoms with Crippen molar-refractivity contribution in [3.05, 3.63) is 46.0 Å². The molecule has 2 heterocycles. The molecule has 0 aliphatic carbocycles. The number of hydrogen-bond acceptors (Lipinski definition) is 3. The van der Waals surface area contributed by atoms with Crippen molar-refractivity contribution in [3.63, 3.8) is 0 Å². The molecule has 0 radical (unpaired) electrons. The van der Waals surface area contributed by atoms with E-state index in [4.69, 9.17) is 4.42 Å². The van der Waals surface area contributed by atoms with Crippen LogP contribution in [0.15, 0.2) is 34.1 Å². The van der Waals surface area contributed by atoms with Gasteiger partial charge in [0.2, 0.25) is 0 Å². The van der Waals surface area contributed by atoms with Gasteiger partial charge in [0.05, 0.1) is 10.9 Å². The zero-order valence-electron chi connectivity index (χ0n) is 9.19. The summed E-state index contributed by atoms with van der Waals surface area (Å²) in [7, 11) is 0. The molecule has 0 saturated carbocycles. The third-order valence-electron chi connectivity index (χ3n) is 2.28. The van der Waals surface area contributed by atoms with Gasteiger partial charge in [-0.15, -0.1) is 11.3 Å². The maximum atomic E-state index is 11.8. The van der Waals surface area contributed by atoms with Crippen LogP contribution in [-0.4, -0.2) is 5.91 Å². The lowest BCUT2D eigenvalue weighted by atomic mass is 10.2. The van der Waals surface area contributed by atoms with Gasteiger partial charge >= 0.3 is 0 Å². The molecule has 0 saturated heterocycles. The fraction of sp³-hybridized carbons (Fsp3) is 0.250. The highest BCUT2D eigenvalue weighted by Crippen LogP contribution is 2.17. The van der Waals surface area contributed by atoms with Crippen molar-refractivity contribution in [2.45, 2.75) is 19.9 Å². The molecule has 2 rings (SSSR count). The van der Waals surface area contributed by atoms with Gasteiger partial charge in [0.1, 0.15) is 11.5 Å². The molecule has 1 atom stereocenters. The molecular weight excluding hydrogens is 222 g/mol. The third kappa shape index (κ3) is 2.33. The average molecular weight is 235 g/mol. The van der Waals surface area contributed by atoms with E-state index < -0.39 is 0 Å². The van der Waals surface area contributed by atoms with Gasteiger partial charge in [-0.25, -0.2) is 0 Å². The fourth-order valence-corrected chi connectivity index (χ4v) is 2.06. The van der Waals surface area contributed by atoms with Crippen LogP contribution in [0.5, 0.6) is 0 Å². The Kier molecular flexibility index (Phi) is 3.10. The minimum atomic E-state index is -0.108. The predicted octanol–water partition coefficient (Wildman–Crippen LogP) is 3.14. The van der Waals surface area contributed by atoms with Crippen molar-refractivity contribution in [2.75, 3.05) is 0 Å². The van der Waals surface area contributed by atoms with Crippen LogP contribution in [-0.2, 0) is 0 Å². The number of hydrogen-bond donors (Lipinski definition) is 1. The molecule has 2 aromatic heterocycles. The topological polar surface area (TPSA) is 42.2 Å². The van der Waals surface area contributed by atoms with Gasteiger partial charge in [-0.2, -0.15) is 0 Å². The first-order chi connectivity index (χ1) is 7.66. The molecule has 1 N–H and O–H groups in total. The maximum absolute atomic E-state index is 11.8. The lowest BCUT2D eigenvalue weighted by molar-refractivity contribution is 0.0939. The lowest BCUT2D eigenvalue weighted by Crippen LogP contribution is -2.25. The van der Waals surface area contributed by atoms with Crippen LogP contribution in [0.2, 0.25) is 0 Å². The standard InChI is InChI=1S/C12H13NO2S/c1-8-5-6-10(15-8)9(2)13-12(14)11-4-3-7-16-11/h3-7,9H,1-2H3,(H,13,14)/t9-/m1/s1. The quantitative estimate of drug-likeness (QED) is 0.888. The number of rotatable bonds is 3. The minimum absolute atomic E-state index is 0.0587. The van der Waals surface area contributed by atoms with E-state index in [2.05, 4.69) is 5.32 Å². The second kappa shape index (κ2) is 4.53. The third-order valence-corrected chi connectivity index (χ3v) is 3.15. The molecule has 0 aliphatic heterocycles. The number of aryl methyl sites for hydroxylation is 1. The number of carbonyl (C=O) groups is 1. The molecule has 2 aromatic rings. The van der Waals surface area contributed by atoms with Gasteiger partial charge in [0.15, 0.2) is 0 Å². The molecule has 3 nitrogen and oxygen atoms in total. The second-order valence-corrected chi connectivity index (χ2v) is 4.57. The van der Waals surface area contributed by atoms with E-state index in [-0.39, 0.29) is 11.9 Å². The molecule has 0 aromatic carbocycles. The largest absolute Gasteiger partial charge is 0.464 e. The van der Waals surface area contributed by atoms with Crippen LogP contribution in [0.1, 0.15) is 34.2 Å². The van der Waals surface area contributed by atoms with Crippen LogP contribution < -0.4 is 5.32 Å². The Morgan fingerprint density at radius 1 is 1.44 bits per heavy atom. The number of thiophene rings is 1. The van der Waals surface area contributed by atoms with Gasteiger partial charge in [0.25, 0.3) is 5.91 Å². The molecule has 16 heavy (non-hydrogen) atoms. The zero-order chi connectivity index (χ0) is 11.5. The van der Waals surface area contributed by atoms with Gasteiger partial charge in [-0.1, -0.05) is 6.07 Å². The normalized spacial score (nSPS) is 12.4. The Morgan fingerprint density at radius 3 is 2.81 bits per heavy atom. The molecule has 1 amide bonds. The molecule has 0 fully saturated rings. The Labute approximate surface area is 98.1 Å². The van der Waals surface area contributed by atoms with Crippen LogP contribution >= 0.6 is 11.3 Å². The van der Waals surface area contributed by atoms with E-state index in [9.17, 15) is 4.79 Å². The van der Waals surface area contributed by atoms with E-state index in [0.717, 1.165) is 16.4 Å². The molecule has 0 bridgehead atoms. The first-order valence-corrected chi connectivity index (χ1v) is 5.95. The van der Waals surface area contributed by atoms with Gasteiger partial charge in [0, 0.05) is 0 Å². The zero-order valence-corrected chi connectivity index (χ0v) is 10.0. The first kappa shape index (κ1) is 11.0. The first-order valence-electron chi connectivity index (χ1n) is 5.07. The summed E-state index contributed by atoms with van der Waals surface area (Å²) in [5.41, 5.74) is 0. The average Bonchev–Trinajstić information content (AvgIpc) is 2.87. The summed E-state index contributed by atoms with van der Waals surface area (Å²) in [6.45, 7) is 3.79. The summed E-state index contributed by atoms with van der Waals surface area (Å²) in [6, 6.07) is 7.34. The predicted molar refractivity (Wildman–Crippen MR) is 63.6 cm³/mol. The highest BCUT2D eigenvalue weighted by Gasteiger charge is 2.14. The highest BCUT2D eigenvalue weighted by molar-refractivity contribution is 7.12. The summed E-state index contributed by atoms with van der Waals surface area (Å²) in [4.78, 5) is 12.5. The van der Waals surface area contributed by atoms with Crippen molar-refractivity contribution in [2.24, 2.45) is 0 Å². The molecular formula is C12H13NO2S. The van der Waals surface area contributed by atoms with Crippen molar-refractivity contribution in [1.82, 2.24) is 5.32 Å². The number of nitrogens with one attached hydrogen (secondary N) is 1. The second-order valence-electron chi connectivity index (χ2n) is 3.62. The van der Waals surface area contributed by atoms with Gasteiger partial charge < -0.3 is 9.73 Å². The van der Waals surface area contributed by atoms with Crippen LogP contribution in [0.4, 0.5) is 0 Å². The molecule has 4 heteroatoms. The SMILES string of the molecule is Cc1ccc([C@@H](C)NC(=O)c2cccs2)o1. The van der Waals surface area contributed by atoms with E-state index in [1.807, 2.05) is 37.4 Å². The van der Waals surface area contributed by atoms with Crippen LogP contribution in [0.3, 0.4) is 0 Å². The van der Waals surface area contributed by atoms with Crippen LogP contribution in [0.25, 0.3) is 0 Å². The number of carbonyl (C=O) groups excluding carboxylic acids is 1. The van der Waals surface area contributed by atoms with E-state index in [0.29, 0.717) is 0 Å². The van der Waals surface area contributed by atoms with Crippen LogP contribution in [0, 0.1) is 6.92 Å². The summed E-state index contributed by atoms with van der Waals surface area (Å²) >= 11 is 1.43. The van der Waals surface area contributed by atoms with Crippen molar-refractivity contribution in [3.8, 4) is 0 Å². The highest BCUT2D eigenvalue weighted by atomic mass is 32.1. The number of furan rings is 1. The number of amides is 1. The summed E-state index contributed by atoms with van der Waals surface area (Å²) in [5.74, 6) is 1.58. The van der Waals surface area contributed by atoms with Crippen molar-refractivity contribution in [1.29, 1.82) is 0 Å². The Balaban J connectivity index is 2.03.